The first-order valence-corrected chi connectivity index (χ1v) is 7.83. The van der Waals surface area contributed by atoms with E-state index in [0.717, 1.165) is 25.4 Å². The Hall–Kier alpha value is -1.35. The third-order valence-electron chi connectivity index (χ3n) is 5.29. The van der Waals surface area contributed by atoms with E-state index in [0.29, 0.717) is 23.7 Å². The number of likely N-dealkylation sites (tertiary alicyclic amines) is 1. The quantitative estimate of drug-likeness (QED) is 0.913. The molecule has 3 fully saturated rings. The third-order valence-corrected chi connectivity index (χ3v) is 5.29. The molecule has 1 aromatic rings. The molecule has 1 aromatic carbocycles. The highest BCUT2D eigenvalue weighted by Gasteiger charge is 2.53. The zero-order valence-corrected chi connectivity index (χ0v) is 11.7. The molecular weight excluding hydrogens is 248 g/mol. The molecule has 0 spiro atoms. The van der Waals surface area contributed by atoms with Gasteiger partial charge in [0.2, 0.25) is 5.91 Å². The van der Waals surface area contributed by atoms with Crippen LogP contribution in [0, 0.1) is 17.8 Å². The summed E-state index contributed by atoms with van der Waals surface area (Å²) in [6.45, 7) is 1.53. The van der Waals surface area contributed by atoms with Crippen LogP contribution in [0.25, 0.3) is 0 Å². The summed E-state index contributed by atoms with van der Waals surface area (Å²) in [6, 6.07) is 10.5. The van der Waals surface area contributed by atoms with E-state index in [4.69, 9.17) is 5.73 Å². The molecule has 2 N–H and O–H groups in total. The van der Waals surface area contributed by atoms with Crippen LogP contribution in [-0.4, -0.2) is 29.9 Å². The van der Waals surface area contributed by atoms with Crippen LogP contribution in [-0.2, 0) is 4.79 Å². The highest BCUT2D eigenvalue weighted by Crippen LogP contribution is 2.55. The maximum Gasteiger partial charge on any atom is 0.226 e. The van der Waals surface area contributed by atoms with Gasteiger partial charge in [0.25, 0.3) is 0 Å². The zero-order valence-electron chi connectivity index (χ0n) is 11.7. The Morgan fingerprint density at radius 2 is 1.90 bits per heavy atom. The minimum atomic E-state index is 0.0828. The number of nitrogens with zero attached hydrogens (tertiary/aromatic N) is 1. The SMILES string of the molecule is N[C@@H]1CN(C(=O)C2CC2C2CC2)C[C@H]1c1ccccc1. The second-order valence-electron chi connectivity index (χ2n) is 6.77. The fourth-order valence-corrected chi connectivity index (χ4v) is 3.84. The van der Waals surface area contributed by atoms with Gasteiger partial charge >= 0.3 is 0 Å². The van der Waals surface area contributed by atoms with Crippen LogP contribution in [0.3, 0.4) is 0 Å². The van der Waals surface area contributed by atoms with Gasteiger partial charge in [-0.05, 0) is 36.7 Å². The van der Waals surface area contributed by atoms with E-state index < -0.39 is 0 Å². The number of hydrogen-bond acceptors (Lipinski definition) is 2. The Balaban J connectivity index is 1.43. The van der Waals surface area contributed by atoms with Crippen LogP contribution in [0.4, 0.5) is 0 Å². The molecule has 3 aliphatic rings. The van der Waals surface area contributed by atoms with Gasteiger partial charge in [0.1, 0.15) is 0 Å². The Morgan fingerprint density at radius 3 is 2.60 bits per heavy atom. The van der Waals surface area contributed by atoms with E-state index in [9.17, 15) is 4.79 Å². The second kappa shape index (κ2) is 4.59. The predicted octanol–water partition coefficient (Wildman–Crippen LogP) is 1.99. The van der Waals surface area contributed by atoms with Crippen molar-refractivity contribution in [1.82, 2.24) is 4.90 Å². The summed E-state index contributed by atoms with van der Waals surface area (Å²) in [5, 5.41) is 0. The van der Waals surface area contributed by atoms with Gasteiger partial charge in [-0.1, -0.05) is 30.3 Å². The lowest BCUT2D eigenvalue weighted by Crippen LogP contribution is -2.33. The summed E-state index contributed by atoms with van der Waals surface area (Å²) in [5.41, 5.74) is 7.54. The number of benzene rings is 1. The number of carbonyl (C=O) groups excluding carboxylic acids is 1. The van der Waals surface area contributed by atoms with Crippen LogP contribution < -0.4 is 5.73 Å². The van der Waals surface area contributed by atoms with Gasteiger partial charge in [0.05, 0.1) is 0 Å². The molecule has 0 bridgehead atoms. The van der Waals surface area contributed by atoms with Crippen LogP contribution in [0.5, 0.6) is 0 Å². The molecule has 0 radical (unpaired) electrons. The van der Waals surface area contributed by atoms with Gasteiger partial charge < -0.3 is 10.6 Å². The molecule has 1 heterocycles. The van der Waals surface area contributed by atoms with E-state index in [2.05, 4.69) is 24.3 Å². The highest BCUT2D eigenvalue weighted by atomic mass is 16.2. The van der Waals surface area contributed by atoms with Crippen LogP contribution in [0.15, 0.2) is 30.3 Å². The lowest BCUT2D eigenvalue weighted by Gasteiger charge is -2.16. The molecular formula is C17H22N2O. The van der Waals surface area contributed by atoms with Crippen molar-refractivity contribution in [2.75, 3.05) is 13.1 Å². The second-order valence-corrected chi connectivity index (χ2v) is 6.77. The molecule has 106 valence electrons. The van der Waals surface area contributed by atoms with Crippen molar-refractivity contribution in [3.05, 3.63) is 35.9 Å². The molecule has 1 aliphatic heterocycles. The van der Waals surface area contributed by atoms with E-state index in [-0.39, 0.29) is 6.04 Å². The Morgan fingerprint density at radius 1 is 1.15 bits per heavy atom. The molecule has 20 heavy (non-hydrogen) atoms. The minimum absolute atomic E-state index is 0.0828. The zero-order chi connectivity index (χ0) is 13.7. The molecule has 4 atom stereocenters. The van der Waals surface area contributed by atoms with Crippen molar-refractivity contribution in [1.29, 1.82) is 0 Å². The molecule has 1 saturated heterocycles. The molecule has 3 nitrogen and oxygen atoms in total. The number of rotatable bonds is 3. The van der Waals surface area contributed by atoms with Crippen LogP contribution in [0.2, 0.25) is 0 Å². The van der Waals surface area contributed by atoms with Crippen molar-refractivity contribution < 1.29 is 4.79 Å². The van der Waals surface area contributed by atoms with E-state index in [1.807, 2.05) is 11.0 Å². The van der Waals surface area contributed by atoms with Crippen molar-refractivity contribution >= 4 is 5.91 Å². The number of carbonyl (C=O) groups is 1. The number of nitrogens with two attached hydrogens (primary N) is 1. The molecule has 3 heteroatoms. The lowest BCUT2D eigenvalue weighted by molar-refractivity contribution is -0.132. The molecule has 2 saturated carbocycles. The molecule has 2 aliphatic carbocycles. The monoisotopic (exact) mass is 270 g/mol. The Kier molecular flexibility index (Phi) is 2.84. The minimum Gasteiger partial charge on any atom is -0.340 e. The first kappa shape index (κ1) is 12.4. The van der Waals surface area contributed by atoms with Crippen molar-refractivity contribution in [3.63, 3.8) is 0 Å². The average Bonchev–Trinajstić information content (AvgIpc) is 3.35. The fraction of sp³-hybridized carbons (Fsp3) is 0.588. The van der Waals surface area contributed by atoms with E-state index in [1.165, 1.54) is 18.4 Å². The van der Waals surface area contributed by atoms with Crippen LogP contribution >= 0.6 is 0 Å². The van der Waals surface area contributed by atoms with Crippen molar-refractivity contribution in [3.8, 4) is 0 Å². The first-order chi connectivity index (χ1) is 9.74. The van der Waals surface area contributed by atoms with Crippen molar-refractivity contribution in [2.45, 2.75) is 31.2 Å². The molecule has 0 aromatic heterocycles. The Labute approximate surface area is 120 Å². The van der Waals surface area contributed by atoms with E-state index >= 15 is 0 Å². The standard InChI is InChI=1S/C17H22N2O/c18-16-10-19(9-15(16)11-4-2-1-3-5-11)17(20)14-8-13(14)12-6-7-12/h1-5,12-16H,6-10,18H2/t13?,14?,15-,16+/m0/s1. The Bertz CT molecular complexity index is 511. The molecule has 1 amide bonds. The highest BCUT2D eigenvalue weighted by molar-refractivity contribution is 5.82. The van der Waals surface area contributed by atoms with Gasteiger partial charge in [0.15, 0.2) is 0 Å². The summed E-state index contributed by atoms with van der Waals surface area (Å²) in [4.78, 5) is 14.6. The summed E-state index contributed by atoms with van der Waals surface area (Å²) >= 11 is 0. The summed E-state index contributed by atoms with van der Waals surface area (Å²) in [6.07, 6.45) is 3.83. The van der Waals surface area contributed by atoms with Crippen LogP contribution in [0.1, 0.15) is 30.7 Å². The smallest absolute Gasteiger partial charge is 0.226 e. The van der Waals surface area contributed by atoms with Gasteiger partial charge in [-0.2, -0.15) is 0 Å². The molecule has 2 unspecified atom stereocenters. The number of amides is 1. The third kappa shape index (κ3) is 2.14. The van der Waals surface area contributed by atoms with Crippen molar-refractivity contribution in [2.24, 2.45) is 23.5 Å². The topological polar surface area (TPSA) is 46.3 Å². The van der Waals surface area contributed by atoms with Gasteiger partial charge in [-0.25, -0.2) is 0 Å². The maximum atomic E-state index is 12.5. The summed E-state index contributed by atoms with van der Waals surface area (Å²) in [5.74, 6) is 2.57. The molecule has 4 rings (SSSR count). The van der Waals surface area contributed by atoms with E-state index in [1.54, 1.807) is 0 Å². The van der Waals surface area contributed by atoms with Gasteiger partial charge in [0, 0.05) is 31.0 Å². The summed E-state index contributed by atoms with van der Waals surface area (Å²) in [7, 11) is 0. The predicted molar refractivity (Wildman–Crippen MR) is 78.1 cm³/mol. The van der Waals surface area contributed by atoms with Gasteiger partial charge in [-0.3, -0.25) is 4.79 Å². The van der Waals surface area contributed by atoms with Gasteiger partial charge in [-0.15, -0.1) is 0 Å². The lowest BCUT2D eigenvalue weighted by atomic mass is 9.95. The number of hydrogen-bond donors (Lipinski definition) is 1. The summed E-state index contributed by atoms with van der Waals surface area (Å²) < 4.78 is 0. The first-order valence-electron chi connectivity index (χ1n) is 7.83. The normalized spacial score (nSPS) is 36.1. The average molecular weight is 270 g/mol. The maximum absolute atomic E-state index is 12.5. The fourth-order valence-electron chi connectivity index (χ4n) is 3.84. The largest absolute Gasteiger partial charge is 0.340 e.